The predicted molar refractivity (Wildman–Crippen MR) is 100 cm³/mol. The molecule has 27 heavy (non-hydrogen) atoms. The second-order valence-electron chi connectivity index (χ2n) is 5.59. The number of carbonyl (C=O) groups is 1. The third-order valence-corrected chi connectivity index (χ3v) is 4.54. The lowest BCUT2D eigenvalue weighted by atomic mass is 10.1. The van der Waals surface area contributed by atoms with Gasteiger partial charge in [0.25, 0.3) is 5.91 Å². The van der Waals surface area contributed by atoms with Gasteiger partial charge in [-0.2, -0.15) is 5.26 Å². The summed E-state index contributed by atoms with van der Waals surface area (Å²) in [6.07, 6.45) is 1.42. The van der Waals surface area contributed by atoms with Crippen molar-refractivity contribution in [2.24, 2.45) is 0 Å². The molecule has 0 spiro atoms. The number of carbonyl (C=O) groups excluding carboxylic acids is 1. The van der Waals surface area contributed by atoms with Crippen LogP contribution >= 0.6 is 15.9 Å². The van der Waals surface area contributed by atoms with Gasteiger partial charge in [0.15, 0.2) is 23.0 Å². The van der Waals surface area contributed by atoms with Crippen molar-refractivity contribution < 1.29 is 24.1 Å². The van der Waals surface area contributed by atoms with Crippen molar-refractivity contribution in [2.45, 2.75) is 6.54 Å². The first-order chi connectivity index (χ1) is 13.0. The summed E-state index contributed by atoms with van der Waals surface area (Å²) in [4.78, 5) is 12.4. The fourth-order valence-corrected chi connectivity index (χ4v) is 2.91. The third kappa shape index (κ3) is 4.15. The largest absolute Gasteiger partial charge is 0.504 e. The lowest BCUT2D eigenvalue weighted by Gasteiger charge is -2.08. The number of halogens is 1. The van der Waals surface area contributed by atoms with Crippen molar-refractivity contribution in [1.82, 2.24) is 5.32 Å². The molecule has 0 fully saturated rings. The summed E-state index contributed by atoms with van der Waals surface area (Å²) < 4.78 is 16.1. The van der Waals surface area contributed by atoms with Crippen molar-refractivity contribution in [3.63, 3.8) is 0 Å². The normalized spacial score (nSPS) is 12.4. The first-order valence-corrected chi connectivity index (χ1v) is 8.66. The van der Waals surface area contributed by atoms with Gasteiger partial charge in [0.2, 0.25) is 6.79 Å². The van der Waals surface area contributed by atoms with E-state index in [-0.39, 0.29) is 30.4 Å². The van der Waals surface area contributed by atoms with Crippen molar-refractivity contribution >= 4 is 27.9 Å². The number of nitrogens with zero attached hydrogens (tertiary/aromatic N) is 1. The highest BCUT2D eigenvalue weighted by Gasteiger charge is 2.15. The Morgan fingerprint density at radius 3 is 2.89 bits per heavy atom. The molecule has 7 nitrogen and oxygen atoms in total. The molecule has 1 heterocycles. The van der Waals surface area contributed by atoms with E-state index >= 15 is 0 Å². The molecule has 3 rings (SSSR count). The highest BCUT2D eigenvalue weighted by molar-refractivity contribution is 9.10. The van der Waals surface area contributed by atoms with E-state index in [9.17, 15) is 15.2 Å². The summed E-state index contributed by atoms with van der Waals surface area (Å²) in [6.45, 7) is 0.409. The molecule has 0 atom stereocenters. The van der Waals surface area contributed by atoms with E-state index in [1.807, 2.05) is 12.1 Å². The van der Waals surface area contributed by atoms with Gasteiger partial charge in [-0.05, 0) is 41.5 Å². The highest BCUT2D eigenvalue weighted by atomic mass is 79.9. The molecular formula is C19H15BrN2O5. The Labute approximate surface area is 163 Å². The summed E-state index contributed by atoms with van der Waals surface area (Å²) >= 11 is 3.29. The van der Waals surface area contributed by atoms with Gasteiger partial charge in [0, 0.05) is 11.0 Å². The molecule has 1 aliphatic heterocycles. The number of rotatable bonds is 5. The number of aromatic hydroxyl groups is 1. The molecule has 0 radical (unpaired) electrons. The number of phenols is 1. The fraction of sp³-hybridized carbons (Fsp3) is 0.158. The van der Waals surface area contributed by atoms with Crippen LogP contribution in [-0.2, 0) is 11.3 Å². The first-order valence-electron chi connectivity index (χ1n) is 7.87. The van der Waals surface area contributed by atoms with Crippen LogP contribution in [0.5, 0.6) is 23.0 Å². The zero-order valence-electron chi connectivity index (χ0n) is 14.3. The van der Waals surface area contributed by atoms with Gasteiger partial charge in [0.05, 0.1) is 7.11 Å². The van der Waals surface area contributed by atoms with Gasteiger partial charge in [0.1, 0.15) is 11.6 Å². The van der Waals surface area contributed by atoms with Gasteiger partial charge in [-0.15, -0.1) is 0 Å². The van der Waals surface area contributed by atoms with E-state index in [0.29, 0.717) is 21.5 Å². The number of hydrogen-bond donors (Lipinski definition) is 2. The van der Waals surface area contributed by atoms with E-state index in [0.717, 1.165) is 5.56 Å². The zero-order chi connectivity index (χ0) is 19.4. The summed E-state index contributed by atoms with van der Waals surface area (Å²) in [7, 11) is 1.42. The quantitative estimate of drug-likeness (QED) is 0.558. The van der Waals surface area contributed by atoms with Crippen LogP contribution in [0.4, 0.5) is 0 Å². The monoisotopic (exact) mass is 430 g/mol. The van der Waals surface area contributed by atoms with E-state index in [4.69, 9.17) is 14.2 Å². The number of hydrogen-bond acceptors (Lipinski definition) is 6. The topological polar surface area (TPSA) is 101 Å². The van der Waals surface area contributed by atoms with Gasteiger partial charge in [-0.3, -0.25) is 4.79 Å². The number of phenolic OH excluding ortho intramolecular Hbond substituents is 1. The maximum atomic E-state index is 12.4. The average molecular weight is 431 g/mol. The number of nitrogens with one attached hydrogen (secondary N) is 1. The van der Waals surface area contributed by atoms with Gasteiger partial charge >= 0.3 is 0 Å². The second-order valence-corrected chi connectivity index (χ2v) is 6.44. The minimum Gasteiger partial charge on any atom is -0.504 e. The fourth-order valence-electron chi connectivity index (χ4n) is 2.47. The second kappa shape index (κ2) is 8.01. The molecule has 0 aliphatic carbocycles. The molecule has 2 N–H and O–H groups in total. The van der Waals surface area contributed by atoms with Crippen LogP contribution in [0.3, 0.4) is 0 Å². The van der Waals surface area contributed by atoms with E-state index in [1.165, 1.54) is 25.3 Å². The van der Waals surface area contributed by atoms with Crippen LogP contribution in [0.15, 0.2) is 40.4 Å². The molecule has 138 valence electrons. The SMILES string of the molecule is COc1cc(/C=C(\C#N)C(=O)NCc2ccc3c(c2)OCO3)c(Br)cc1O. The van der Waals surface area contributed by atoms with Crippen LogP contribution in [-0.4, -0.2) is 24.9 Å². The van der Waals surface area contributed by atoms with Crippen LogP contribution in [0.2, 0.25) is 0 Å². The number of nitriles is 1. The Balaban J connectivity index is 1.74. The predicted octanol–water partition coefficient (Wildman–Crippen LogP) is 3.12. The van der Waals surface area contributed by atoms with Gasteiger partial charge < -0.3 is 24.6 Å². The Hall–Kier alpha value is -3.18. The van der Waals surface area contributed by atoms with Crippen molar-refractivity contribution in [2.75, 3.05) is 13.9 Å². The molecule has 0 aromatic heterocycles. The molecule has 8 heteroatoms. The summed E-state index contributed by atoms with van der Waals surface area (Å²) in [6, 6.07) is 10.2. The number of benzene rings is 2. The summed E-state index contributed by atoms with van der Waals surface area (Å²) in [5, 5.41) is 21.8. The molecule has 0 bridgehead atoms. The molecule has 2 aromatic rings. The van der Waals surface area contributed by atoms with Crippen molar-refractivity contribution in [3.8, 4) is 29.1 Å². The molecule has 0 saturated carbocycles. The van der Waals surface area contributed by atoms with Gasteiger partial charge in [-0.25, -0.2) is 0 Å². The number of fused-ring (bicyclic) bond motifs is 1. The molecule has 0 saturated heterocycles. The molecule has 1 amide bonds. The average Bonchev–Trinajstić information content (AvgIpc) is 3.13. The van der Waals surface area contributed by atoms with E-state index in [2.05, 4.69) is 21.2 Å². The first kappa shape index (κ1) is 18.6. The summed E-state index contributed by atoms with van der Waals surface area (Å²) in [5.74, 6) is 0.954. The molecule has 0 unspecified atom stereocenters. The minimum atomic E-state index is -0.519. The Morgan fingerprint density at radius 2 is 2.15 bits per heavy atom. The number of ether oxygens (including phenoxy) is 3. The number of methoxy groups -OCH3 is 1. The third-order valence-electron chi connectivity index (χ3n) is 3.85. The van der Waals surface area contributed by atoms with Crippen LogP contribution in [0.25, 0.3) is 6.08 Å². The van der Waals surface area contributed by atoms with Crippen LogP contribution in [0, 0.1) is 11.3 Å². The molecule has 1 aliphatic rings. The van der Waals surface area contributed by atoms with Crippen molar-refractivity contribution in [1.29, 1.82) is 5.26 Å². The smallest absolute Gasteiger partial charge is 0.262 e. The van der Waals surface area contributed by atoms with E-state index in [1.54, 1.807) is 12.1 Å². The van der Waals surface area contributed by atoms with Crippen LogP contribution < -0.4 is 19.5 Å². The minimum absolute atomic E-state index is 0.0488. The molecular weight excluding hydrogens is 416 g/mol. The van der Waals surface area contributed by atoms with Gasteiger partial charge in [-0.1, -0.05) is 22.0 Å². The maximum Gasteiger partial charge on any atom is 0.262 e. The maximum absolute atomic E-state index is 12.4. The lowest BCUT2D eigenvalue weighted by molar-refractivity contribution is -0.117. The van der Waals surface area contributed by atoms with Crippen LogP contribution in [0.1, 0.15) is 11.1 Å². The Bertz CT molecular complexity index is 965. The molecule has 2 aromatic carbocycles. The van der Waals surface area contributed by atoms with Crippen molar-refractivity contribution in [3.05, 3.63) is 51.5 Å². The standard InChI is InChI=1S/C19H15BrN2O5/c1-25-17-6-12(14(20)7-15(17)23)5-13(8-21)19(24)22-9-11-2-3-16-18(4-11)27-10-26-16/h2-7,23H,9-10H2,1H3,(H,22,24)/b13-5+. The Morgan fingerprint density at radius 1 is 1.37 bits per heavy atom. The summed E-state index contributed by atoms with van der Waals surface area (Å²) in [5.41, 5.74) is 1.26. The lowest BCUT2D eigenvalue weighted by Crippen LogP contribution is -2.23. The van der Waals surface area contributed by atoms with E-state index < -0.39 is 5.91 Å². The zero-order valence-corrected chi connectivity index (χ0v) is 15.9. The number of amides is 1. The Kier molecular flexibility index (Phi) is 5.52. The highest BCUT2D eigenvalue weighted by Crippen LogP contribution is 2.34.